The minimum absolute atomic E-state index is 0.559. The molecular weight excluding hydrogens is 210 g/mol. The topological polar surface area (TPSA) is 41.6 Å². The van der Waals surface area contributed by atoms with Crippen LogP contribution >= 0.6 is 0 Å². The van der Waals surface area contributed by atoms with Crippen molar-refractivity contribution in [2.45, 2.75) is 31.6 Å². The number of aromatic nitrogens is 3. The smallest absolute Gasteiger partial charge is 0.154 e. The highest BCUT2D eigenvalue weighted by molar-refractivity contribution is 5.42. The summed E-state index contributed by atoms with van der Waals surface area (Å²) in [5.41, 5.74) is 3.07. The molecule has 0 amide bonds. The van der Waals surface area contributed by atoms with Gasteiger partial charge in [0.2, 0.25) is 0 Å². The van der Waals surface area contributed by atoms with Gasteiger partial charge in [-0.1, -0.05) is 24.3 Å². The van der Waals surface area contributed by atoms with Crippen LogP contribution in [0.3, 0.4) is 0 Å². The van der Waals surface area contributed by atoms with Gasteiger partial charge < -0.3 is 0 Å². The second kappa shape index (κ2) is 3.19. The van der Waals surface area contributed by atoms with Crippen molar-refractivity contribution in [3.8, 4) is 0 Å². The molecule has 1 aromatic carbocycles. The van der Waals surface area contributed by atoms with E-state index in [2.05, 4.69) is 39.4 Å². The maximum absolute atomic E-state index is 4.50. The van der Waals surface area contributed by atoms with E-state index in [0.717, 1.165) is 17.6 Å². The van der Waals surface area contributed by atoms with Crippen LogP contribution in [0.2, 0.25) is 0 Å². The molecule has 2 aliphatic rings. The summed E-state index contributed by atoms with van der Waals surface area (Å²) in [4.78, 5) is 4.50. The van der Waals surface area contributed by atoms with Crippen LogP contribution in [0.25, 0.3) is 0 Å². The Morgan fingerprint density at radius 3 is 2.94 bits per heavy atom. The fourth-order valence-electron chi connectivity index (χ4n) is 3.43. The zero-order chi connectivity index (χ0) is 11.4. The van der Waals surface area contributed by atoms with E-state index >= 15 is 0 Å². The number of hydrogen-bond donors (Lipinski definition) is 1. The average molecular weight is 225 g/mol. The fourth-order valence-corrected chi connectivity index (χ4v) is 3.43. The van der Waals surface area contributed by atoms with Gasteiger partial charge in [0.15, 0.2) is 5.82 Å². The number of nitrogens with one attached hydrogen (secondary N) is 1. The summed E-state index contributed by atoms with van der Waals surface area (Å²) in [6, 6.07) is 8.85. The third-order valence-electron chi connectivity index (χ3n) is 4.24. The SMILES string of the molecule is Cc1nc(C2C3CCc4ccccc4C32)n[nH]1. The van der Waals surface area contributed by atoms with Gasteiger partial charge >= 0.3 is 0 Å². The van der Waals surface area contributed by atoms with Crippen LogP contribution in [-0.4, -0.2) is 15.2 Å². The van der Waals surface area contributed by atoms with Gasteiger partial charge in [-0.3, -0.25) is 5.10 Å². The maximum Gasteiger partial charge on any atom is 0.154 e. The third-order valence-corrected chi connectivity index (χ3v) is 4.24. The number of fused-ring (bicyclic) bond motifs is 3. The third kappa shape index (κ3) is 1.28. The number of H-pyrrole nitrogens is 1. The van der Waals surface area contributed by atoms with Crippen LogP contribution in [0.4, 0.5) is 0 Å². The number of aryl methyl sites for hydroxylation is 2. The van der Waals surface area contributed by atoms with E-state index in [1.807, 2.05) is 6.92 Å². The second-order valence-electron chi connectivity index (χ2n) is 5.23. The van der Waals surface area contributed by atoms with Crippen LogP contribution in [0.1, 0.15) is 41.0 Å². The van der Waals surface area contributed by atoms with Crippen LogP contribution in [0.5, 0.6) is 0 Å². The lowest BCUT2D eigenvalue weighted by Gasteiger charge is -2.13. The molecule has 0 radical (unpaired) electrons. The molecule has 3 unspecified atom stereocenters. The Labute approximate surface area is 100 Å². The van der Waals surface area contributed by atoms with Gasteiger partial charge in [-0.05, 0) is 42.7 Å². The van der Waals surface area contributed by atoms with E-state index < -0.39 is 0 Å². The average Bonchev–Trinajstić information content (AvgIpc) is 2.96. The van der Waals surface area contributed by atoms with E-state index in [4.69, 9.17) is 0 Å². The molecule has 4 rings (SSSR count). The van der Waals surface area contributed by atoms with Crippen molar-refractivity contribution in [2.24, 2.45) is 5.92 Å². The van der Waals surface area contributed by atoms with Crippen LogP contribution in [0, 0.1) is 12.8 Å². The Morgan fingerprint density at radius 2 is 2.12 bits per heavy atom. The Kier molecular flexibility index (Phi) is 1.76. The molecule has 2 aromatic rings. The van der Waals surface area contributed by atoms with Crippen molar-refractivity contribution in [3.05, 3.63) is 47.0 Å². The van der Waals surface area contributed by atoms with Crippen molar-refractivity contribution >= 4 is 0 Å². The predicted molar refractivity (Wildman–Crippen MR) is 64.9 cm³/mol. The second-order valence-corrected chi connectivity index (χ2v) is 5.23. The van der Waals surface area contributed by atoms with Gasteiger partial charge in [0, 0.05) is 5.92 Å². The summed E-state index contributed by atoms with van der Waals surface area (Å²) in [5.74, 6) is 3.96. The first-order chi connectivity index (χ1) is 8.34. The van der Waals surface area contributed by atoms with Crippen LogP contribution in [-0.2, 0) is 6.42 Å². The summed E-state index contributed by atoms with van der Waals surface area (Å²) < 4.78 is 0. The van der Waals surface area contributed by atoms with Crippen molar-refractivity contribution < 1.29 is 0 Å². The molecule has 1 heterocycles. The summed E-state index contributed by atoms with van der Waals surface area (Å²) in [5, 5.41) is 7.30. The molecule has 3 atom stereocenters. The molecule has 0 spiro atoms. The first-order valence-corrected chi connectivity index (χ1v) is 6.31. The minimum atomic E-state index is 0.559. The van der Waals surface area contributed by atoms with E-state index in [9.17, 15) is 0 Å². The lowest BCUT2D eigenvalue weighted by atomic mass is 9.92. The molecule has 2 aliphatic carbocycles. The predicted octanol–water partition coefficient (Wildman–Crippen LogP) is 2.56. The first kappa shape index (κ1) is 9.40. The Morgan fingerprint density at radius 1 is 1.24 bits per heavy atom. The fraction of sp³-hybridized carbons (Fsp3) is 0.429. The lowest BCUT2D eigenvalue weighted by molar-refractivity contribution is 0.654. The quantitative estimate of drug-likeness (QED) is 0.810. The van der Waals surface area contributed by atoms with Gasteiger partial charge in [0.05, 0.1) is 0 Å². The van der Waals surface area contributed by atoms with Gasteiger partial charge in [0.1, 0.15) is 5.82 Å². The number of nitrogens with zero attached hydrogens (tertiary/aromatic N) is 2. The molecule has 1 saturated carbocycles. The number of benzene rings is 1. The van der Waals surface area contributed by atoms with Crippen molar-refractivity contribution in [3.63, 3.8) is 0 Å². The molecule has 1 aromatic heterocycles. The van der Waals surface area contributed by atoms with Crippen molar-refractivity contribution in [1.29, 1.82) is 0 Å². The largest absolute Gasteiger partial charge is 0.263 e. The summed E-state index contributed by atoms with van der Waals surface area (Å²) >= 11 is 0. The van der Waals surface area contributed by atoms with Gasteiger partial charge in [-0.25, -0.2) is 4.98 Å². The molecule has 3 heteroatoms. The standard InChI is InChI=1S/C14H15N3/c1-8-15-14(17-16-8)13-11-7-6-9-4-2-3-5-10(9)12(11)13/h2-5,11-13H,6-7H2,1H3,(H,15,16,17). The Balaban J connectivity index is 1.73. The summed E-state index contributed by atoms with van der Waals surface area (Å²) in [6.45, 7) is 1.97. The number of aromatic amines is 1. The zero-order valence-corrected chi connectivity index (χ0v) is 9.85. The van der Waals surface area contributed by atoms with Gasteiger partial charge in [0.25, 0.3) is 0 Å². The Hall–Kier alpha value is -1.64. The summed E-state index contributed by atoms with van der Waals surface area (Å²) in [7, 11) is 0. The normalized spacial score (nSPS) is 29.6. The minimum Gasteiger partial charge on any atom is -0.263 e. The first-order valence-electron chi connectivity index (χ1n) is 6.31. The van der Waals surface area contributed by atoms with Gasteiger partial charge in [-0.2, -0.15) is 5.10 Å². The monoisotopic (exact) mass is 225 g/mol. The molecule has 0 bridgehead atoms. The van der Waals surface area contributed by atoms with E-state index in [1.165, 1.54) is 24.0 Å². The zero-order valence-electron chi connectivity index (χ0n) is 9.85. The number of hydrogen-bond acceptors (Lipinski definition) is 2. The molecule has 3 nitrogen and oxygen atoms in total. The van der Waals surface area contributed by atoms with Gasteiger partial charge in [-0.15, -0.1) is 0 Å². The highest BCUT2D eigenvalue weighted by atomic mass is 15.2. The molecule has 0 aliphatic heterocycles. The van der Waals surface area contributed by atoms with Crippen LogP contribution in [0.15, 0.2) is 24.3 Å². The maximum atomic E-state index is 4.50. The highest BCUT2D eigenvalue weighted by Gasteiger charge is 2.55. The van der Waals surface area contributed by atoms with E-state index in [-0.39, 0.29) is 0 Å². The van der Waals surface area contributed by atoms with Crippen LogP contribution < -0.4 is 0 Å². The van der Waals surface area contributed by atoms with Crippen molar-refractivity contribution in [2.75, 3.05) is 0 Å². The number of rotatable bonds is 1. The highest BCUT2D eigenvalue weighted by Crippen LogP contribution is 2.64. The van der Waals surface area contributed by atoms with E-state index in [0.29, 0.717) is 11.8 Å². The van der Waals surface area contributed by atoms with Crippen molar-refractivity contribution in [1.82, 2.24) is 15.2 Å². The molecule has 17 heavy (non-hydrogen) atoms. The lowest BCUT2D eigenvalue weighted by Crippen LogP contribution is -2.00. The summed E-state index contributed by atoms with van der Waals surface area (Å²) in [6.07, 6.45) is 2.51. The Bertz CT molecular complexity index is 572. The van der Waals surface area contributed by atoms with E-state index in [1.54, 1.807) is 0 Å². The molecular formula is C14H15N3. The molecule has 1 N–H and O–H groups in total. The molecule has 0 saturated heterocycles. The molecule has 1 fully saturated rings. The molecule has 86 valence electrons.